The number of hydrogen-bond donors (Lipinski definition) is 0. The average Bonchev–Trinajstić information content (AvgIpc) is 2.76. The SMILES string of the molecule is COC(=O)C(C)(C)Oc1cccc2ccoc12. The third kappa shape index (κ3) is 2.11. The molecule has 17 heavy (non-hydrogen) atoms. The molecule has 4 heteroatoms. The number of benzene rings is 1. The Kier molecular flexibility index (Phi) is 2.79. The molecule has 1 heterocycles. The number of hydrogen-bond acceptors (Lipinski definition) is 4. The summed E-state index contributed by atoms with van der Waals surface area (Å²) in [6, 6.07) is 7.36. The van der Waals surface area contributed by atoms with Crippen LogP contribution in [0.15, 0.2) is 34.9 Å². The molecule has 2 rings (SSSR count). The first-order valence-corrected chi connectivity index (χ1v) is 5.28. The lowest BCUT2D eigenvalue weighted by Gasteiger charge is -2.23. The molecule has 0 N–H and O–H groups in total. The largest absolute Gasteiger partial charge is 0.472 e. The fourth-order valence-corrected chi connectivity index (χ4v) is 1.61. The normalized spacial score (nSPS) is 11.5. The zero-order valence-electron chi connectivity index (χ0n) is 10.0. The van der Waals surface area contributed by atoms with Crippen LogP contribution in [0.5, 0.6) is 5.75 Å². The van der Waals surface area contributed by atoms with Crippen molar-refractivity contribution < 1.29 is 18.7 Å². The Balaban J connectivity index is 2.35. The van der Waals surface area contributed by atoms with Gasteiger partial charge in [0, 0.05) is 5.39 Å². The second-order valence-electron chi connectivity index (χ2n) is 4.20. The van der Waals surface area contributed by atoms with Crippen LogP contribution in [0.25, 0.3) is 11.0 Å². The number of carbonyl (C=O) groups excluding carboxylic acids is 1. The third-order valence-corrected chi connectivity index (χ3v) is 2.48. The Bertz CT molecular complexity index is 539. The molecule has 0 bridgehead atoms. The summed E-state index contributed by atoms with van der Waals surface area (Å²) in [5.41, 5.74) is -0.417. The smallest absolute Gasteiger partial charge is 0.349 e. The van der Waals surface area contributed by atoms with Gasteiger partial charge in [-0.2, -0.15) is 0 Å². The van der Waals surface area contributed by atoms with E-state index in [1.165, 1.54) is 7.11 Å². The van der Waals surface area contributed by atoms with Crippen LogP contribution in [0.4, 0.5) is 0 Å². The predicted octanol–water partition coefficient (Wildman–Crippen LogP) is 2.76. The van der Waals surface area contributed by atoms with E-state index >= 15 is 0 Å². The topological polar surface area (TPSA) is 48.7 Å². The van der Waals surface area contributed by atoms with Crippen molar-refractivity contribution in [1.29, 1.82) is 0 Å². The van der Waals surface area contributed by atoms with Gasteiger partial charge in [-0.25, -0.2) is 4.79 Å². The second-order valence-corrected chi connectivity index (χ2v) is 4.20. The Morgan fingerprint density at radius 1 is 1.29 bits per heavy atom. The van der Waals surface area contributed by atoms with Crippen LogP contribution in [-0.4, -0.2) is 18.7 Å². The van der Waals surface area contributed by atoms with Crippen molar-refractivity contribution in [2.24, 2.45) is 0 Å². The second kappa shape index (κ2) is 4.13. The molecule has 1 aromatic carbocycles. The molecule has 0 aliphatic rings. The summed E-state index contributed by atoms with van der Waals surface area (Å²) in [5, 5.41) is 0.933. The molecule has 2 aromatic rings. The first-order valence-electron chi connectivity index (χ1n) is 5.28. The number of furan rings is 1. The van der Waals surface area contributed by atoms with Crippen molar-refractivity contribution in [1.82, 2.24) is 0 Å². The van der Waals surface area contributed by atoms with Gasteiger partial charge in [0.1, 0.15) is 0 Å². The molecule has 0 saturated heterocycles. The highest BCUT2D eigenvalue weighted by atomic mass is 16.6. The Morgan fingerprint density at radius 2 is 2.06 bits per heavy atom. The highest BCUT2D eigenvalue weighted by Gasteiger charge is 2.31. The van der Waals surface area contributed by atoms with Gasteiger partial charge in [0.2, 0.25) is 0 Å². The molecule has 4 nitrogen and oxygen atoms in total. The van der Waals surface area contributed by atoms with Crippen LogP contribution in [0.3, 0.4) is 0 Å². The lowest BCUT2D eigenvalue weighted by molar-refractivity contribution is -0.156. The van der Waals surface area contributed by atoms with Crippen molar-refractivity contribution in [3.8, 4) is 5.75 Å². The zero-order chi connectivity index (χ0) is 12.5. The van der Waals surface area contributed by atoms with E-state index in [-0.39, 0.29) is 0 Å². The van der Waals surface area contributed by atoms with Gasteiger partial charge >= 0.3 is 5.97 Å². The van der Waals surface area contributed by atoms with Crippen LogP contribution >= 0.6 is 0 Å². The van der Waals surface area contributed by atoms with Crippen LogP contribution < -0.4 is 4.74 Å². The first kappa shape index (κ1) is 11.5. The Labute approximate surface area is 99.1 Å². The molecule has 0 radical (unpaired) electrons. The van der Waals surface area contributed by atoms with Gasteiger partial charge in [-0.3, -0.25) is 0 Å². The standard InChI is InChI=1S/C13H14O4/c1-13(2,12(14)15-3)17-10-6-4-5-9-7-8-16-11(9)10/h4-8H,1-3H3. The van der Waals surface area contributed by atoms with Crippen molar-refractivity contribution in [2.75, 3.05) is 7.11 Å². The maximum atomic E-state index is 11.5. The predicted molar refractivity (Wildman–Crippen MR) is 62.9 cm³/mol. The van der Waals surface area contributed by atoms with E-state index in [1.54, 1.807) is 26.2 Å². The number of esters is 1. The minimum Gasteiger partial charge on any atom is -0.472 e. The van der Waals surface area contributed by atoms with E-state index in [0.29, 0.717) is 11.3 Å². The monoisotopic (exact) mass is 234 g/mol. The fraction of sp³-hybridized carbons (Fsp3) is 0.308. The van der Waals surface area contributed by atoms with Gasteiger partial charge < -0.3 is 13.9 Å². The maximum Gasteiger partial charge on any atom is 0.349 e. The Morgan fingerprint density at radius 3 is 2.76 bits per heavy atom. The molecule has 0 atom stereocenters. The summed E-state index contributed by atoms with van der Waals surface area (Å²) < 4.78 is 15.7. The lowest BCUT2D eigenvalue weighted by atomic mass is 10.1. The average molecular weight is 234 g/mol. The lowest BCUT2D eigenvalue weighted by Crippen LogP contribution is -2.39. The highest BCUT2D eigenvalue weighted by molar-refractivity contribution is 5.84. The maximum absolute atomic E-state index is 11.5. The van der Waals surface area contributed by atoms with Gasteiger partial charge in [-0.15, -0.1) is 0 Å². The van der Waals surface area contributed by atoms with Crippen molar-refractivity contribution in [3.63, 3.8) is 0 Å². The van der Waals surface area contributed by atoms with E-state index < -0.39 is 11.6 Å². The van der Waals surface area contributed by atoms with E-state index in [1.807, 2.05) is 18.2 Å². The van der Waals surface area contributed by atoms with Crippen molar-refractivity contribution in [3.05, 3.63) is 30.5 Å². The third-order valence-electron chi connectivity index (χ3n) is 2.48. The van der Waals surface area contributed by atoms with Crippen molar-refractivity contribution in [2.45, 2.75) is 19.4 Å². The molecule has 0 fully saturated rings. The highest BCUT2D eigenvalue weighted by Crippen LogP contribution is 2.29. The van der Waals surface area contributed by atoms with E-state index in [2.05, 4.69) is 4.74 Å². The number of carbonyl (C=O) groups is 1. The molecule has 0 saturated carbocycles. The molecule has 0 amide bonds. The Hall–Kier alpha value is -1.97. The fourth-order valence-electron chi connectivity index (χ4n) is 1.61. The minimum absolute atomic E-state index is 0.430. The van der Waals surface area contributed by atoms with Crippen molar-refractivity contribution >= 4 is 16.9 Å². The van der Waals surface area contributed by atoms with Gasteiger partial charge in [-0.1, -0.05) is 12.1 Å². The zero-order valence-corrected chi connectivity index (χ0v) is 10.0. The summed E-state index contributed by atoms with van der Waals surface area (Å²) in [7, 11) is 1.33. The van der Waals surface area contributed by atoms with E-state index in [0.717, 1.165) is 5.39 Å². The molecular formula is C13H14O4. The molecular weight excluding hydrogens is 220 g/mol. The number of rotatable bonds is 3. The van der Waals surface area contributed by atoms with Crippen LogP contribution in [0, 0.1) is 0 Å². The molecule has 0 aliphatic carbocycles. The molecule has 0 spiro atoms. The summed E-state index contributed by atoms with van der Waals surface area (Å²) >= 11 is 0. The molecule has 1 aromatic heterocycles. The number of para-hydroxylation sites is 1. The summed E-state index contributed by atoms with van der Waals surface area (Å²) in [6.07, 6.45) is 1.59. The van der Waals surface area contributed by atoms with E-state index in [9.17, 15) is 4.79 Å². The van der Waals surface area contributed by atoms with Gasteiger partial charge in [0.25, 0.3) is 0 Å². The molecule has 90 valence electrons. The first-order chi connectivity index (χ1) is 8.04. The number of methoxy groups -OCH3 is 1. The van der Waals surface area contributed by atoms with Gasteiger partial charge in [0.05, 0.1) is 13.4 Å². The summed E-state index contributed by atoms with van der Waals surface area (Å²) in [5.74, 6) is 0.101. The molecule has 0 aliphatic heterocycles. The number of ether oxygens (including phenoxy) is 2. The van der Waals surface area contributed by atoms with Crippen LogP contribution in [0.1, 0.15) is 13.8 Å². The number of fused-ring (bicyclic) bond motifs is 1. The minimum atomic E-state index is -1.05. The molecule has 0 unspecified atom stereocenters. The van der Waals surface area contributed by atoms with Crippen LogP contribution in [0.2, 0.25) is 0 Å². The van der Waals surface area contributed by atoms with E-state index in [4.69, 9.17) is 9.15 Å². The summed E-state index contributed by atoms with van der Waals surface area (Å²) in [6.45, 7) is 3.31. The summed E-state index contributed by atoms with van der Waals surface area (Å²) in [4.78, 5) is 11.5. The van der Waals surface area contributed by atoms with Gasteiger partial charge in [0.15, 0.2) is 16.9 Å². The van der Waals surface area contributed by atoms with Crippen LogP contribution in [-0.2, 0) is 9.53 Å². The van der Waals surface area contributed by atoms with Gasteiger partial charge in [-0.05, 0) is 26.0 Å². The quantitative estimate of drug-likeness (QED) is 0.766.